The summed E-state index contributed by atoms with van der Waals surface area (Å²) in [4.78, 5) is -0.641. The fraction of sp³-hybridized carbons (Fsp3) is 0.571. The second-order valence-corrected chi connectivity index (χ2v) is 7.28. The van der Waals surface area contributed by atoms with Crippen LogP contribution in [0.15, 0.2) is 17.0 Å². The molecule has 22 heavy (non-hydrogen) atoms. The van der Waals surface area contributed by atoms with Gasteiger partial charge in [0.15, 0.2) is 17.5 Å². The summed E-state index contributed by atoms with van der Waals surface area (Å²) in [5.74, 6) is -4.67. The number of nitrogens with one attached hydrogen (secondary N) is 1. The molecular weight excluding hydrogens is 317 g/mol. The van der Waals surface area contributed by atoms with Gasteiger partial charge in [0, 0.05) is 12.6 Å². The van der Waals surface area contributed by atoms with Crippen molar-refractivity contribution in [3.8, 4) is 0 Å². The van der Waals surface area contributed by atoms with Crippen molar-refractivity contribution in [1.82, 2.24) is 4.72 Å². The highest BCUT2D eigenvalue weighted by Gasteiger charge is 2.28. The van der Waals surface area contributed by atoms with Crippen molar-refractivity contribution in [1.29, 1.82) is 0 Å². The summed E-state index contributed by atoms with van der Waals surface area (Å²) in [6.45, 7) is 0.0933. The van der Waals surface area contributed by atoms with E-state index in [-0.39, 0.29) is 12.5 Å². The standard InChI is InChI=1S/C14H19F3N2O2S/c15-11-6-10(7-12(16)14(11)17)22(20,21)19-13(8-18)9-4-2-1-3-5-9/h6-7,9,13,19H,1-5,8,18H2. The van der Waals surface area contributed by atoms with E-state index in [2.05, 4.69) is 4.72 Å². The van der Waals surface area contributed by atoms with Crippen molar-refractivity contribution in [3.05, 3.63) is 29.6 Å². The monoisotopic (exact) mass is 336 g/mol. The first-order chi connectivity index (χ1) is 10.3. The first kappa shape index (κ1) is 17.2. The fourth-order valence-corrected chi connectivity index (χ4v) is 4.17. The molecule has 1 saturated carbocycles. The maximum absolute atomic E-state index is 13.2. The van der Waals surface area contributed by atoms with Crippen LogP contribution in [0.4, 0.5) is 13.2 Å². The number of hydrogen-bond donors (Lipinski definition) is 2. The lowest BCUT2D eigenvalue weighted by molar-refractivity contribution is 0.294. The normalized spacial score (nSPS) is 18.4. The third kappa shape index (κ3) is 3.80. The van der Waals surface area contributed by atoms with Crippen LogP contribution in [-0.4, -0.2) is 21.0 Å². The van der Waals surface area contributed by atoms with E-state index in [1.807, 2.05) is 0 Å². The Kier molecular flexibility index (Phi) is 5.46. The van der Waals surface area contributed by atoms with Crippen LogP contribution >= 0.6 is 0 Å². The zero-order valence-electron chi connectivity index (χ0n) is 12.0. The average Bonchev–Trinajstić information content (AvgIpc) is 2.50. The SMILES string of the molecule is NCC(NS(=O)(=O)c1cc(F)c(F)c(F)c1)C1CCCCC1. The smallest absolute Gasteiger partial charge is 0.241 e. The third-order valence-electron chi connectivity index (χ3n) is 4.05. The lowest BCUT2D eigenvalue weighted by Gasteiger charge is -2.29. The van der Waals surface area contributed by atoms with Gasteiger partial charge in [-0.2, -0.15) is 0 Å². The van der Waals surface area contributed by atoms with Crippen molar-refractivity contribution < 1.29 is 21.6 Å². The number of rotatable bonds is 5. The Morgan fingerprint density at radius 3 is 2.18 bits per heavy atom. The van der Waals surface area contributed by atoms with Gasteiger partial charge in [0.25, 0.3) is 0 Å². The molecule has 1 atom stereocenters. The van der Waals surface area contributed by atoms with E-state index >= 15 is 0 Å². The quantitative estimate of drug-likeness (QED) is 0.811. The molecule has 4 nitrogen and oxygen atoms in total. The highest BCUT2D eigenvalue weighted by molar-refractivity contribution is 7.89. The molecule has 0 bridgehead atoms. The summed E-state index contributed by atoms with van der Waals surface area (Å²) < 4.78 is 66.2. The Morgan fingerprint density at radius 2 is 1.68 bits per heavy atom. The molecule has 2 rings (SSSR count). The highest BCUT2D eigenvalue weighted by Crippen LogP contribution is 2.27. The van der Waals surface area contributed by atoms with Crippen LogP contribution in [0.3, 0.4) is 0 Å². The van der Waals surface area contributed by atoms with Crippen molar-refractivity contribution in [3.63, 3.8) is 0 Å². The lowest BCUT2D eigenvalue weighted by Crippen LogP contribution is -2.45. The molecule has 1 aliphatic rings. The molecule has 1 aliphatic carbocycles. The van der Waals surface area contributed by atoms with Gasteiger partial charge in [-0.25, -0.2) is 26.3 Å². The molecule has 1 aromatic rings. The van der Waals surface area contributed by atoms with E-state index < -0.39 is 38.4 Å². The van der Waals surface area contributed by atoms with Gasteiger partial charge in [0.1, 0.15) is 0 Å². The molecular formula is C14H19F3N2O2S. The summed E-state index contributed by atoms with van der Waals surface area (Å²) in [5.41, 5.74) is 5.64. The first-order valence-corrected chi connectivity index (χ1v) is 8.70. The second-order valence-electron chi connectivity index (χ2n) is 5.56. The van der Waals surface area contributed by atoms with Gasteiger partial charge in [0.05, 0.1) is 4.90 Å². The minimum absolute atomic E-state index is 0.0933. The van der Waals surface area contributed by atoms with Crippen LogP contribution in [0.2, 0.25) is 0 Å². The summed E-state index contributed by atoms with van der Waals surface area (Å²) in [6.07, 6.45) is 4.83. The summed E-state index contributed by atoms with van der Waals surface area (Å²) in [6, 6.07) is 0.436. The van der Waals surface area contributed by atoms with Gasteiger partial charge in [-0.15, -0.1) is 0 Å². The van der Waals surface area contributed by atoms with E-state index in [9.17, 15) is 21.6 Å². The van der Waals surface area contributed by atoms with Crippen molar-refractivity contribution in [2.75, 3.05) is 6.54 Å². The average molecular weight is 336 g/mol. The van der Waals surface area contributed by atoms with Gasteiger partial charge in [-0.05, 0) is 30.9 Å². The van der Waals surface area contributed by atoms with Crippen LogP contribution in [-0.2, 0) is 10.0 Å². The molecule has 0 aliphatic heterocycles. The van der Waals surface area contributed by atoms with Crippen LogP contribution in [0.25, 0.3) is 0 Å². The van der Waals surface area contributed by atoms with Crippen molar-refractivity contribution in [2.45, 2.75) is 43.0 Å². The molecule has 0 amide bonds. The zero-order valence-corrected chi connectivity index (χ0v) is 12.8. The Hall–Kier alpha value is -1.12. The van der Waals surface area contributed by atoms with Gasteiger partial charge < -0.3 is 5.73 Å². The van der Waals surface area contributed by atoms with Gasteiger partial charge in [0.2, 0.25) is 10.0 Å². The highest BCUT2D eigenvalue weighted by atomic mass is 32.2. The maximum atomic E-state index is 13.2. The van der Waals surface area contributed by atoms with Crippen LogP contribution < -0.4 is 10.5 Å². The largest absolute Gasteiger partial charge is 0.329 e. The molecule has 0 radical (unpaired) electrons. The minimum atomic E-state index is -4.16. The topological polar surface area (TPSA) is 72.2 Å². The van der Waals surface area contributed by atoms with E-state index in [4.69, 9.17) is 5.73 Å². The molecule has 1 fully saturated rings. The van der Waals surface area contributed by atoms with Crippen molar-refractivity contribution in [2.24, 2.45) is 11.7 Å². The summed E-state index contributed by atoms with van der Waals surface area (Å²) >= 11 is 0. The van der Waals surface area contributed by atoms with Gasteiger partial charge in [-0.3, -0.25) is 0 Å². The number of benzene rings is 1. The van der Waals surface area contributed by atoms with Gasteiger partial charge in [-0.1, -0.05) is 19.3 Å². The zero-order chi connectivity index (χ0) is 16.3. The minimum Gasteiger partial charge on any atom is -0.329 e. The number of hydrogen-bond acceptors (Lipinski definition) is 3. The van der Waals surface area contributed by atoms with Crippen LogP contribution in [0.1, 0.15) is 32.1 Å². The van der Waals surface area contributed by atoms with E-state index in [0.717, 1.165) is 32.1 Å². The van der Waals surface area contributed by atoms with E-state index in [0.29, 0.717) is 12.1 Å². The summed E-state index contributed by atoms with van der Waals surface area (Å²) in [5, 5.41) is 0. The lowest BCUT2D eigenvalue weighted by atomic mass is 9.84. The molecule has 1 unspecified atom stereocenters. The number of sulfonamides is 1. The van der Waals surface area contributed by atoms with Gasteiger partial charge >= 0.3 is 0 Å². The Bertz CT molecular complexity index is 608. The van der Waals surface area contributed by atoms with E-state index in [1.54, 1.807) is 0 Å². The Labute approximate surface area is 127 Å². The van der Waals surface area contributed by atoms with Crippen LogP contribution in [0.5, 0.6) is 0 Å². The Morgan fingerprint density at radius 1 is 1.14 bits per heavy atom. The summed E-state index contributed by atoms with van der Waals surface area (Å²) in [7, 11) is -4.16. The molecule has 0 spiro atoms. The number of nitrogens with two attached hydrogens (primary N) is 1. The fourth-order valence-electron chi connectivity index (χ4n) is 2.83. The van der Waals surface area contributed by atoms with E-state index in [1.165, 1.54) is 0 Å². The molecule has 8 heteroatoms. The number of halogens is 3. The van der Waals surface area contributed by atoms with Crippen molar-refractivity contribution >= 4 is 10.0 Å². The maximum Gasteiger partial charge on any atom is 0.241 e. The Balaban J connectivity index is 2.22. The third-order valence-corrected chi connectivity index (χ3v) is 5.52. The molecule has 0 aromatic heterocycles. The molecule has 124 valence electrons. The predicted octanol–water partition coefficient (Wildman–Crippen LogP) is 2.29. The predicted molar refractivity (Wildman–Crippen MR) is 76.1 cm³/mol. The van der Waals surface area contributed by atoms with Crippen LogP contribution in [0, 0.1) is 23.4 Å². The molecule has 3 N–H and O–H groups in total. The molecule has 1 aromatic carbocycles. The molecule has 0 saturated heterocycles. The second kappa shape index (κ2) is 6.97. The first-order valence-electron chi connectivity index (χ1n) is 7.22. The molecule has 0 heterocycles.